The maximum absolute atomic E-state index is 13.0. The molecule has 1 aromatic heterocycles. The lowest BCUT2D eigenvalue weighted by Crippen LogP contribution is -3.27. The molecule has 1 fully saturated rings. The Morgan fingerprint density at radius 3 is 2.33 bits per heavy atom. The number of aromatic hydroxyl groups is 1. The topological polar surface area (TPSA) is 68.6 Å². The highest BCUT2D eigenvalue weighted by atomic mass is 16.5. The van der Waals surface area contributed by atoms with Crippen molar-refractivity contribution in [2.24, 2.45) is 0 Å². The fraction of sp³-hybridized carbons (Fsp3) is 0.375. The number of benzene rings is 2. The molecule has 3 aromatic rings. The Balaban J connectivity index is 1.74. The third-order valence-electron chi connectivity index (χ3n) is 6.38. The van der Waals surface area contributed by atoms with Gasteiger partial charge in [-0.05, 0) is 49.2 Å². The quantitative estimate of drug-likeness (QED) is 0.544. The summed E-state index contributed by atoms with van der Waals surface area (Å²) in [6, 6.07) is 11.0. The van der Waals surface area contributed by atoms with Gasteiger partial charge in [0.2, 0.25) is 0 Å². The van der Waals surface area contributed by atoms with Crippen molar-refractivity contribution in [2.45, 2.75) is 20.4 Å². The van der Waals surface area contributed by atoms with Crippen LogP contribution >= 0.6 is 0 Å². The number of hydrogen-bond acceptors (Lipinski definition) is 4. The lowest BCUT2D eigenvalue weighted by atomic mass is 9.97. The fourth-order valence-electron chi connectivity index (χ4n) is 4.46. The van der Waals surface area contributed by atoms with E-state index in [-0.39, 0.29) is 11.4 Å². The third kappa shape index (κ3) is 3.80. The number of nitrogens with one attached hydrogen (secondary N) is 2. The molecule has 1 aliphatic heterocycles. The van der Waals surface area contributed by atoms with E-state index in [4.69, 9.17) is 9.15 Å². The van der Waals surface area contributed by atoms with Crippen LogP contribution in [0.5, 0.6) is 11.5 Å². The monoisotopic (exact) mass is 410 g/mol. The van der Waals surface area contributed by atoms with E-state index < -0.39 is 0 Å². The molecule has 1 aliphatic rings. The van der Waals surface area contributed by atoms with Crippen LogP contribution in [0.1, 0.15) is 18.1 Å². The Bertz CT molecular complexity index is 1100. The largest absolute Gasteiger partial charge is 0.507 e. The number of likely N-dealkylation sites (N-methyl/N-ethyl adjacent to an activating group) is 1. The highest BCUT2D eigenvalue weighted by molar-refractivity contribution is 5.89. The lowest BCUT2D eigenvalue weighted by Gasteiger charge is -2.29. The highest BCUT2D eigenvalue weighted by Gasteiger charge is 2.25. The van der Waals surface area contributed by atoms with Gasteiger partial charge in [0.05, 0.1) is 24.8 Å². The number of rotatable bonds is 5. The van der Waals surface area contributed by atoms with Gasteiger partial charge in [-0.3, -0.25) is 0 Å². The van der Waals surface area contributed by atoms with Gasteiger partial charge in [0.25, 0.3) is 0 Å². The molecule has 158 valence electrons. The number of aryl methyl sites for hydroxylation is 1. The van der Waals surface area contributed by atoms with E-state index in [1.165, 1.54) is 4.90 Å². The Hall–Kier alpha value is -2.83. The summed E-state index contributed by atoms with van der Waals surface area (Å²) >= 11 is 0. The lowest BCUT2D eigenvalue weighted by molar-refractivity contribution is -1.02. The smallest absolute Gasteiger partial charge is 0.344 e. The van der Waals surface area contributed by atoms with Crippen LogP contribution in [-0.2, 0) is 6.54 Å². The first-order valence-electron chi connectivity index (χ1n) is 10.6. The van der Waals surface area contributed by atoms with Gasteiger partial charge in [0.1, 0.15) is 44.2 Å². The summed E-state index contributed by atoms with van der Waals surface area (Å²) in [5, 5.41) is 11.4. The zero-order valence-corrected chi connectivity index (χ0v) is 17.9. The van der Waals surface area contributed by atoms with Crippen molar-refractivity contribution >= 4 is 11.0 Å². The Morgan fingerprint density at radius 1 is 1.03 bits per heavy atom. The number of piperazine rings is 1. The first-order chi connectivity index (χ1) is 14.5. The van der Waals surface area contributed by atoms with Crippen LogP contribution < -0.4 is 20.2 Å². The summed E-state index contributed by atoms with van der Waals surface area (Å²) in [5.41, 5.74) is 3.06. The second kappa shape index (κ2) is 8.50. The van der Waals surface area contributed by atoms with Crippen LogP contribution in [0.25, 0.3) is 22.1 Å². The molecule has 0 amide bonds. The third-order valence-corrected chi connectivity index (χ3v) is 6.38. The molecular weight excluding hydrogens is 380 g/mol. The van der Waals surface area contributed by atoms with Crippen LogP contribution in [0.4, 0.5) is 0 Å². The molecule has 0 spiro atoms. The van der Waals surface area contributed by atoms with Gasteiger partial charge >= 0.3 is 5.63 Å². The molecule has 6 nitrogen and oxygen atoms in total. The minimum atomic E-state index is -0.382. The second-order valence-electron chi connectivity index (χ2n) is 8.09. The van der Waals surface area contributed by atoms with Crippen molar-refractivity contribution < 1.29 is 24.1 Å². The summed E-state index contributed by atoms with van der Waals surface area (Å²) in [6.45, 7) is 10.3. The van der Waals surface area contributed by atoms with E-state index >= 15 is 0 Å². The first-order valence-corrected chi connectivity index (χ1v) is 10.6. The molecule has 0 atom stereocenters. The Kier molecular flexibility index (Phi) is 5.79. The van der Waals surface area contributed by atoms with Gasteiger partial charge in [-0.15, -0.1) is 0 Å². The maximum Gasteiger partial charge on any atom is 0.344 e. The summed E-state index contributed by atoms with van der Waals surface area (Å²) in [4.78, 5) is 16.0. The summed E-state index contributed by atoms with van der Waals surface area (Å²) < 4.78 is 11.0. The van der Waals surface area contributed by atoms with Crippen molar-refractivity contribution in [3.05, 3.63) is 57.9 Å². The van der Waals surface area contributed by atoms with Gasteiger partial charge in [0, 0.05) is 5.39 Å². The molecule has 0 bridgehead atoms. The van der Waals surface area contributed by atoms with E-state index in [1.807, 2.05) is 37.3 Å². The molecule has 2 aromatic carbocycles. The summed E-state index contributed by atoms with van der Waals surface area (Å²) in [5.74, 6) is 0.932. The van der Waals surface area contributed by atoms with Crippen molar-refractivity contribution in [1.82, 2.24) is 0 Å². The Morgan fingerprint density at radius 2 is 1.70 bits per heavy atom. The van der Waals surface area contributed by atoms with Crippen molar-refractivity contribution in [2.75, 3.05) is 39.8 Å². The van der Waals surface area contributed by atoms with Gasteiger partial charge in [0.15, 0.2) is 5.58 Å². The molecule has 4 rings (SSSR count). The number of hydrogen-bond donors (Lipinski definition) is 3. The highest BCUT2D eigenvalue weighted by Crippen LogP contribution is 2.32. The molecule has 3 N–H and O–H groups in total. The number of methoxy groups -OCH3 is 1. The van der Waals surface area contributed by atoms with Gasteiger partial charge in [-0.2, -0.15) is 0 Å². The molecule has 0 unspecified atom stereocenters. The normalized spacial score (nSPS) is 19.2. The summed E-state index contributed by atoms with van der Waals surface area (Å²) in [6.07, 6.45) is 0. The zero-order valence-electron chi connectivity index (χ0n) is 17.9. The van der Waals surface area contributed by atoms with E-state index in [0.717, 1.165) is 60.5 Å². The number of fused-ring (bicyclic) bond motifs is 1. The predicted octanol–water partition coefficient (Wildman–Crippen LogP) is 0.786. The number of quaternary nitrogens is 2. The minimum absolute atomic E-state index is 0.194. The molecule has 0 aliphatic carbocycles. The van der Waals surface area contributed by atoms with Crippen molar-refractivity contribution in [3.8, 4) is 22.6 Å². The van der Waals surface area contributed by atoms with Crippen LogP contribution in [0.3, 0.4) is 0 Å². The maximum atomic E-state index is 13.0. The van der Waals surface area contributed by atoms with Gasteiger partial charge < -0.3 is 24.1 Å². The SMILES string of the molecule is CC[NH+]1CC[NH+](Cc2c(O)ccc3c(C)c(-c4ccc(OC)cc4)c(=O)oc23)CC1. The van der Waals surface area contributed by atoms with Crippen LogP contribution in [-0.4, -0.2) is 44.9 Å². The zero-order chi connectivity index (χ0) is 21.3. The van der Waals surface area contributed by atoms with E-state index in [0.29, 0.717) is 17.7 Å². The van der Waals surface area contributed by atoms with Gasteiger partial charge in [-0.1, -0.05) is 12.1 Å². The van der Waals surface area contributed by atoms with Crippen LogP contribution in [0, 0.1) is 6.92 Å². The molecule has 30 heavy (non-hydrogen) atoms. The molecule has 0 radical (unpaired) electrons. The van der Waals surface area contributed by atoms with Crippen molar-refractivity contribution in [3.63, 3.8) is 0 Å². The van der Waals surface area contributed by atoms with Crippen LogP contribution in [0.15, 0.2) is 45.6 Å². The average Bonchev–Trinajstić information content (AvgIpc) is 2.77. The first kappa shape index (κ1) is 20.4. The Labute approximate surface area is 176 Å². The van der Waals surface area contributed by atoms with E-state index in [2.05, 4.69) is 6.92 Å². The van der Waals surface area contributed by atoms with E-state index in [9.17, 15) is 9.90 Å². The molecule has 2 heterocycles. The summed E-state index contributed by atoms with van der Waals surface area (Å²) in [7, 11) is 1.62. The molecule has 0 saturated carbocycles. The predicted molar refractivity (Wildman–Crippen MR) is 117 cm³/mol. The standard InChI is InChI=1S/C24H28N2O4/c1-4-25-11-13-26(14-12-25)15-20-21(27)10-9-19-16(2)22(24(28)30-23(19)20)17-5-7-18(29-3)8-6-17/h5-10,27H,4,11-15H2,1-3H3/p+2. The fourth-order valence-corrected chi connectivity index (χ4v) is 4.46. The molecular formula is C24H30N2O4+2. The second-order valence-corrected chi connectivity index (χ2v) is 8.09. The minimum Gasteiger partial charge on any atom is -0.507 e. The number of ether oxygens (including phenoxy) is 1. The van der Waals surface area contributed by atoms with Crippen molar-refractivity contribution in [1.29, 1.82) is 0 Å². The number of phenols is 1. The molecule has 1 saturated heterocycles. The molecule has 6 heteroatoms. The average molecular weight is 411 g/mol. The van der Waals surface area contributed by atoms with Gasteiger partial charge in [-0.25, -0.2) is 4.79 Å². The van der Waals surface area contributed by atoms with Crippen LogP contribution in [0.2, 0.25) is 0 Å². The number of phenolic OH excluding ortho intramolecular Hbond substituents is 1. The van der Waals surface area contributed by atoms with E-state index in [1.54, 1.807) is 18.1 Å².